The topological polar surface area (TPSA) is 49.4 Å². The highest BCUT2D eigenvalue weighted by Gasteiger charge is 2.39. The molecule has 1 atom stereocenters. The Balaban J connectivity index is 1.58. The Morgan fingerprint density at radius 2 is 1.79 bits per heavy atom. The van der Waals surface area contributed by atoms with Crippen molar-refractivity contribution in [2.45, 2.75) is 57.0 Å². The number of nitrogens with one attached hydrogen (secondary N) is 1. The molecule has 0 radical (unpaired) electrons. The van der Waals surface area contributed by atoms with Crippen molar-refractivity contribution < 1.29 is 9.59 Å². The largest absolute Gasteiger partial charge is 0.351 e. The summed E-state index contributed by atoms with van der Waals surface area (Å²) in [6.07, 6.45) is 11.6. The van der Waals surface area contributed by atoms with Crippen molar-refractivity contribution >= 4 is 11.8 Å². The van der Waals surface area contributed by atoms with E-state index in [0.29, 0.717) is 12.6 Å². The van der Waals surface area contributed by atoms with E-state index in [9.17, 15) is 9.59 Å². The number of hydrogen-bond acceptors (Lipinski definition) is 2. The van der Waals surface area contributed by atoms with E-state index in [-0.39, 0.29) is 23.8 Å². The summed E-state index contributed by atoms with van der Waals surface area (Å²) < 4.78 is 0. The van der Waals surface area contributed by atoms with Crippen LogP contribution in [0.25, 0.3) is 0 Å². The van der Waals surface area contributed by atoms with Gasteiger partial charge in [0.1, 0.15) is 6.04 Å². The molecule has 0 aromatic heterocycles. The van der Waals surface area contributed by atoms with Crippen LogP contribution in [0.15, 0.2) is 12.2 Å². The van der Waals surface area contributed by atoms with E-state index in [1.54, 1.807) is 4.90 Å². The molecule has 2 amide bonds. The van der Waals surface area contributed by atoms with Gasteiger partial charge in [0.25, 0.3) is 0 Å². The van der Waals surface area contributed by atoms with Gasteiger partial charge < -0.3 is 10.2 Å². The Morgan fingerprint density at radius 3 is 2.47 bits per heavy atom. The van der Waals surface area contributed by atoms with Gasteiger partial charge in [0.05, 0.1) is 0 Å². The summed E-state index contributed by atoms with van der Waals surface area (Å²) in [5.41, 5.74) is 0. The molecule has 0 aromatic carbocycles. The molecule has 0 saturated heterocycles. The summed E-state index contributed by atoms with van der Waals surface area (Å²) in [4.78, 5) is 26.2. The average molecular weight is 262 g/mol. The van der Waals surface area contributed by atoms with Crippen molar-refractivity contribution in [3.8, 4) is 0 Å². The summed E-state index contributed by atoms with van der Waals surface area (Å²) in [6, 6.07) is -0.0526. The third-order valence-corrected chi connectivity index (χ3v) is 4.39. The summed E-state index contributed by atoms with van der Waals surface area (Å²) in [5.74, 6) is 0.355. The maximum atomic E-state index is 12.3. The molecule has 0 spiro atoms. The predicted octanol–water partition coefficient (Wildman–Crippen LogP) is 1.61. The number of amides is 2. The van der Waals surface area contributed by atoms with Crippen LogP contribution in [0.4, 0.5) is 0 Å². The number of nitrogens with zero attached hydrogens (tertiary/aromatic N) is 1. The van der Waals surface area contributed by atoms with Gasteiger partial charge in [-0.2, -0.15) is 0 Å². The van der Waals surface area contributed by atoms with Crippen molar-refractivity contribution in [3.63, 3.8) is 0 Å². The molecule has 2 saturated carbocycles. The highest BCUT2D eigenvalue weighted by molar-refractivity contribution is 5.91. The van der Waals surface area contributed by atoms with E-state index >= 15 is 0 Å². The molecule has 0 aromatic rings. The first-order chi connectivity index (χ1) is 9.25. The third kappa shape index (κ3) is 2.82. The lowest BCUT2D eigenvalue weighted by atomic mass is 9.95. The van der Waals surface area contributed by atoms with E-state index in [4.69, 9.17) is 0 Å². The second-order valence-corrected chi connectivity index (χ2v) is 5.98. The van der Waals surface area contributed by atoms with Crippen molar-refractivity contribution in [1.82, 2.24) is 10.2 Å². The smallest absolute Gasteiger partial charge is 0.247 e. The molecule has 3 rings (SSSR count). The highest BCUT2D eigenvalue weighted by atomic mass is 16.2. The highest BCUT2D eigenvalue weighted by Crippen LogP contribution is 2.32. The van der Waals surface area contributed by atoms with Crippen molar-refractivity contribution in [1.29, 1.82) is 0 Å². The third-order valence-electron chi connectivity index (χ3n) is 4.39. The fourth-order valence-corrected chi connectivity index (χ4v) is 3.08. The van der Waals surface area contributed by atoms with Gasteiger partial charge in [-0.15, -0.1) is 0 Å². The first-order valence-corrected chi connectivity index (χ1v) is 7.53. The van der Waals surface area contributed by atoms with Gasteiger partial charge in [0.15, 0.2) is 0 Å². The van der Waals surface area contributed by atoms with Crippen molar-refractivity contribution in [2.24, 2.45) is 5.92 Å². The van der Waals surface area contributed by atoms with Gasteiger partial charge in [-0.1, -0.05) is 31.4 Å². The van der Waals surface area contributed by atoms with Gasteiger partial charge in [-0.05, 0) is 25.7 Å². The minimum absolute atomic E-state index is 0.00894. The van der Waals surface area contributed by atoms with Crippen LogP contribution in [-0.4, -0.2) is 35.3 Å². The number of hydrogen-bond donors (Lipinski definition) is 1. The quantitative estimate of drug-likeness (QED) is 0.786. The zero-order valence-electron chi connectivity index (χ0n) is 11.3. The second kappa shape index (κ2) is 5.35. The van der Waals surface area contributed by atoms with Crippen LogP contribution in [0, 0.1) is 5.92 Å². The van der Waals surface area contributed by atoms with Crippen LogP contribution < -0.4 is 5.32 Å². The SMILES string of the molecule is O=C(NC1CCCCC1)[C@H]1C=CCN1C(=O)C1CC1. The monoisotopic (exact) mass is 262 g/mol. The predicted molar refractivity (Wildman–Crippen MR) is 72.4 cm³/mol. The molecule has 2 aliphatic carbocycles. The molecule has 1 aliphatic heterocycles. The first-order valence-electron chi connectivity index (χ1n) is 7.53. The van der Waals surface area contributed by atoms with Crippen LogP contribution in [0.1, 0.15) is 44.9 Å². The van der Waals surface area contributed by atoms with Crippen molar-refractivity contribution in [2.75, 3.05) is 6.54 Å². The Kier molecular flexibility index (Phi) is 3.58. The summed E-state index contributed by atoms with van der Waals surface area (Å²) >= 11 is 0. The van der Waals surface area contributed by atoms with E-state index in [1.165, 1.54) is 19.3 Å². The molecule has 104 valence electrons. The molecule has 19 heavy (non-hydrogen) atoms. The van der Waals surface area contributed by atoms with Crippen LogP contribution in [0.2, 0.25) is 0 Å². The molecule has 3 aliphatic rings. The Labute approximate surface area is 114 Å². The fraction of sp³-hybridized carbons (Fsp3) is 0.733. The Hall–Kier alpha value is -1.32. The second-order valence-electron chi connectivity index (χ2n) is 5.98. The van der Waals surface area contributed by atoms with E-state index < -0.39 is 0 Å². The van der Waals surface area contributed by atoms with Crippen LogP contribution >= 0.6 is 0 Å². The van der Waals surface area contributed by atoms with E-state index in [0.717, 1.165) is 25.7 Å². The number of carbonyl (C=O) groups is 2. The zero-order chi connectivity index (χ0) is 13.2. The van der Waals surface area contributed by atoms with Crippen LogP contribution in [-0.2, 0) is 9.59 Å². The van der Waals surface area contributed by atoms with Gasteiger partial charge in [0, 0.05) is 18.5 Å². The van der Waals surface area contributed by atoms with Crippen LogP contribution in [0.3, 0.4) is 0 Å². The maximum absolute atomic E-state index is 12.3. The molecule has 1 N–H and O–H groups in total. The molecule has 0 bridgehead atoms. The molecular formula is C15H22N2O2. The summed E-state index contributed by atoms with van der Waals surface area (Å²) in [5, 5.41) is 3.12. The normalized spacial score (nSPS) is 27.6. The molecule has 1 heterocycles. The molecular weight excluding hydrogens is 240 g/mol. The van der Waals surface area contributed by atoms with Gasteiger partial charge in [-0.3, -0.25) is 9.59 Å². The average Bonchev–Trinajstić information content (AvgIpc) is 3.16. The lowest BCUT2D eigenvalue weighted by Crippen LogP contribution is -2.49. The summed E-state index contributed by atoms with van der Waals surface area (Å²) in [7, 11) is 0. The fourth-order valence-electron chi connectivity index (χ4n) is 3.08. The van der Waals surface area contributed by atoms with Gasteiger partial charge in [-0.25, -0.2) is 0 Å². The molecule has 4 nitrogen and oxygen atoms in total. The maximum Gasteiger partial charge on any atom is 0.247 e. The number of carbonyl (C=O) groups excluding carboxylic acids is 2. The number of rotatable bonds is 3. The van der Waals surface area contributed by atoms with Gasteiger partial charge >= 0.3 is 0 Å². The lowest BCUT2D eigenvalue weighted by Gasteiger charge is -2.28. The minimum atomic E-state index is -0.366. The zero-order valence-corrected chi connectivity index (χ0v) is 11.3. The van der Waals surface area contributed by atoms with E-state index in [2.05, 4.69) is 5.32 Å². The summed E-state index contributed by atoms with van der Waals surface area (Å²) in [6.45, 7) is 0.595. The Bertz CT molecular complexity index is 395. The molecule has 4 heteroatoms. The molecule has 0 unspecified atom stereocenters. The van der Waals surface area contributed by atoms with Gasteiger partial charge in [0.2, 0.25) is 11.8 Å². The van der Waals surface area contributed by atoms with E-state index in [1.807, 2.05) is 12.2 Å². The minimum Gasteiger partial charge on any atom is -0.351 e. The first kappa shape index (κ1) is 12.7. The molecule has 2 fully saturated rings. The standard InChI is InChI=1S/C15H22N2O2/c18-14(16-12-5-2-1-3-6-12)13-7-4-10-17(13)15(19)11-8-9-11/h4,7,11-13H,1-3,5-6,8-10H2,(H,16,18)/t13-/m1/s1. The lowest BCUT2D eigenvalue weighted by molar-refractivity contribution is -0.138. The van der Waals surface area contributed by atoms with Crippen LogP contribution in [0.5, 0.6) is 0 Å². The van der Waals surface area contributed by atoms with Crippen molar-refractivity contribution in [3.05, 3.63) is 12.2 Å². The Morgan fingerprint density at radius 1 is 1.05 bits per heavy atom.